The highest BCUT2D eigenvalue weighted by molar-refractivity contribution is 4.91. The van der Waals surface area contributed by atoms with Crippen LogP contribution in [0.4, 0.5) is 13.2 Å². The summed E-state index contributed by atoms with van der Waals surface area (Å²) in [7, 11) is 1.90. The van der Waals surface area contributed by atoms with Gasteiger partial charge in [0.15, 0.2) is 0 Å². The van der Waals surface area contributed by atoms with Crippen molar-refractivity contribution in [1.82, 2.24) is 4.90 Å². The number of hydrogen-bond acceptors (Lipinski definition) is 2. The van der Waals surface area contributed by atoms with Gasteiger partial charge in [0.1, 0.15) is 0 Å². The van der Waals surface area contributed by atoms with Crippen LogP contribution in [0.1, 0.15) is 19.3 Å². The molecular weight excluding hydrogens is 181 g/mol. The Bertz CT molecular complexity index is 171. The molecule has 13 heavy (non-hydrogen) atoms. The van der Waals surface area contributed by atoms with E-state index < -0.39 is 18.1 Å². The lowest BCUT2D eigenvalue weighted by Gasteiger charge is -2.38. The molecule has 0 atom stereocenters. The van der Waals surface area contributed by atoms with E-state index in [-0.39, 0.29) is 0 Å². The number of piperidine rings is 1. The molecule has 1 aliphatic rings. The predicted octanol–water partition coefficient (Wildman–Crippen LogP) is 1.36. The average Bonchev–Trinajstić information content (AvgIpc) is 1.92. The van der Waals surface area contributed by atoms with E-state index in [0.29, 0.717) is 25.9 Å². The van der Waals surface area contributed by atoms with Crippen LogP contribution < -0.4 is 5.73 Å². The minimum absolute atomic E-state index is 0.434. The minimum atomic E-state index is -4.13. The molecule has 2 N–H and O–H groups in total. The molecule has 0 unspecified atom stereocenters. The Labute approximate surface area is 75.9 Å². The molecule has 0 bridgehead atoms. The zero-order chi connectivity index (χ0) is 10.1. The Balaban J connectivity index is 2.48. The summed E-state index contributed by atoms with van der Waals surface area (Å²) >= 11 is 0. The van der Waals surface area contributed by atoms with Gasteiger partial charge in [-0.15, -0.1) is 0 Å². The summed E-state index contributed by atoms with van der Waals surface area (Å²) in [6, 6.07) is 0. The third kappa shape index (κ3) is 3.52. The third-order valence-electron chi connectivity index (χ3n) is 2.54. The van der Waals surface area contributed by atoms with Crippen molar-refractivity contribution in [2.24, 2.45) is 5.73 Å². The highest BCUT2D eigenvalue weighted by Crippen LogP contribution is 2.32. The number of alkyl halides is 3. The SMILES string of the molecule is CN1CCC(N)(CC(F)(F)F)CC1. The summed E-state index contributed by atoms with van der Waals surface area (Å²) < 4.78 is 36.3. The van der Waals surface area contributed by atoms with Gasteiger partial charge in [-0.1, -0.05) is 0 Å². The Morgan fingerprint density at radius 1 is 1.31 bits per heavy atom. The normalized spacial score (nSPS) is 24.7. The van der Waals surface area contributed by atoms with Crippen LogP contribution in [0.25, 0.3) is 0 Å². The average molecular weight is 196 g/mol. The molecule has 0 aromatic heterocycles. The maximum absolute atomic E-state index is 12.1. The fraction of sp³-hybridized carbons (Fsp3) is 1.00. The Hall–Kier alpha value is -0.290. The molecular formula is C8H15F3N2. The van der Waals surface area contributed by atoms with Crippen molar-refractivity contribution >= 4 is 0 Å². The van der Waals surface area contributed by atoms with Crippen LogP contribution in [0.5, 0.6) is 0 Å². The van der Waals surface area contributed by atoms with Crippen LogP contribution in [0.2, 0.25) is 0 Å². The summed E-state index contributed by atoms with van der Waals surface area (Å²) in [4.78, 5) is 2.00. The molecule has 1 heterocycles. The van der Waals surface area contributed by atoms with E-state index in [1.165, 1.54) is 0 Å². The van der Waals surface area contributed by atoms with Gasteiger partial charge < -0.3 is 10.6 Å². The lowest BCUT2D eigenvalue weighted by Crippen LogP contribution is -2.51. The fourth-order valence-electron chi connectivity index (χ4n) is 1.64. The summed E-state index contributed by atoms with van der Waals surface area (Å²) in [6.07, 6.45) is -4.12. The van der Waals surface area contributed by atoms with Crippen molar-refractivity contribution in [2.45, 2.75) is 31.0 Å². The smallest absolute Gasteiger partial charge is 0.325 e. The minimum Gasteiger partial charge on any atom is -0.325 e. The number of likely N-dealkylation sites (tertiary alicyclic amines) is 1. The van der Waals surface area contributed by atoms with Gasteiger partial charge in [0.25, 0.3) is 0 Å². The van der Waals surface area contributed by atoms with Gasteiger partial charge in [0, 0.05) is 5.54 Å². The first-order chi connectivity index (χ1) is 5.81. The van der Waals surface area contributed by atoms with Crippen LogP contribution in [0.15, 0.2) is 0 Å². The van der Waals surface area contributed by atoms with E-state index in [9.17, 15) is 13.2 Å². The Morgan fingerprint density at radius 3 is 2.15 bits per heavy atom. The second-order valence-corrected chi connectivity index (χ2v) is 3.96. The number of halogens is 3. The first-order valence-corrected chi connectivity index (χ1v) is 4.35. The van der Waals surface area contributed by atoms with Crippen molar-refractivity contribution in [3.05, 3.63) is 0 Å². The van der Waals surface area contributed by atoms with Crippen molar-refractivity contribution in [1.29, 1.82) is 0 Å². The maximum atomic E-state index is 12.1. The summed E-state index contributed by atoms with van der Waals surface area (Å²) in [5.74, 6) is 0. The van der Waals surface area contributed by atoms with Gasteiger partial charge in [-0.3, -0.25) is 0 Å². The van der Waals surface area contributed by atoms with E-state index in [4.69, 9.17) is 5.73 Å². The van der Waals surface area contributed by atoms with Gasteiger partial charge in [0.05, 0.1) is 6.42 Å². The zero-order valence-corrected chi connectivity index (χ0v) is 7.69. The standard InChI is InChI=1S/C8H15F3N2/c1-13-4-2-7(12,3-5-13)6-8(9,10)11/h2-6,12H2,1H3. The molecule has 1 fully saturated rings. The van der Waals surface area contributed by atoms with Gasteiger partial charge in [-0.2, -0.15) is 13.2 Å². The quantitative estimate of drug-likeness (QED) is 0.686. The molecule has 5 heteroatoms. The highest BCUT2D eigenvalue weighted by Gasteiger charge is 2.41. The predicted molar refractivity (Wildman–Crippen MR) is 44.3 cm³/mol. The van der Waals surface area contributed by atoms with Crippen LogP contribution in [-0.2, 0) is 0 Å². The van der Waals surface area contributed by atoms with Crippen LogP contribution in [-0.4, -0.2) is 36.8 Å². The van der Waals surface area contributed by atoms with Crippen molar-refractivity contribution in [2.75, 3.05) is 20.1 Å². The molecule has 1 aliphatic heterocycles. The van der Waals surface area contributed by atoms with Gasteiger partial charge in [-0.05, 0) is 33.0 Å². The van der Waals surface area contributed by atoms with Crippen LogP contribution in [0, 0.1) is 0 Å². The van der Waals surface area contributed by atoms with Crippen molar-refractivity contribution in [3.63, 3.8) is 0 Å². The molecule has 0 radical (unpaired) electrons. The summed E-state index contributed by atoms with van der Waals surface area (Å²) in [6.45, 7) is 1.32. The molecule has 0 aromatic rings. The van der Waals surface area contributed by atoms with Crippen molar-refractivity contribution < 1.29 is 13.2 Å². The maximum Gasteiger partial charge on any atom is 0.390 e. The number of nitrogens with two attached hydrogens (primary N) is 1. The van der Waals surface area contributed by atoms with Crippen LogP contribution in [0.3, 0.4) is 0 Å². The zero-order valence-electron chi connectivity index (χ0n) is 7.69. The molecule has 0 aromatic carbocycles. The van der Waals surface area contributed by atoms with E-state index >= 15 is 0 Å². The fourth-order valence-corrected chi connectivity index (χ4v) is 1.64. The second kappa shape index (κ2) is 3.46. The van der Waals surface area contributed by atoms with Crippen molar-refractivity contribution in [3.8, 4) is 0 Å². The van der Waals surface area contributed by atoms with Gasteiger partial charge >= 0.3 is 6.18 Å². The topological polar surface area (TPSA) is 29.3 Å². The van der Waals surface area contributed by atoms with E-state index in [1.54, 1.807) is 0 Å². The molecule has 1 saturated heterocycles. The first-order valence-electron chi connectivity index (χ1n) is 4.35. The summed E-state index contributed by atoms with van der Waals surface area (Å²) in [5, 5.41) is 0. The molecule has 0 spiro atoms. The number of hydrogen-bond donors (Lipinski definition) is 1. The lowest BCUT2D eigenvalue weighted by atomic mass is 9.85. The van der Waals surface area contributed by atoms with Gasteiger partial charge in [-0.25, -0.2) is 0 Å². The molecule has 0 aliphatic carbocycles. The van der Waals surface area contributed by atoms with E-state index in [0.717, 1.165) is 0 Å². The Morgan fingerprint density at radius 2 is 1.77 bits per heavy atom. The highest BCUT2D eigenvalue weighted by atomic mass is 19.4. The van der Waals surface area contributed by atoms with E-state index in [2.05, 4.69) is 0 Å². The molecule has 78 valence electrons. The number of nitrogens with zero attached hydrogens (tertiary/aromatic N) is 1. The Kier molecular flexibility index (Phi) is 2.87. The second-order valence-electron chi connectivity index (χ2n) is 3.96. The summed E-state index contributed by atoms with van der Waals surface area (Å²) in [5.41, 5.74) is 4.64. The molecule has 0 saturated carbocycles. The van der Waals surface area contributed by atoms with Crippen LogP contribution >= 0.6 is 0 Å². The lowest BCUT2D eigenvalue weighted by molar-refractivity contribution is -0.150. The first kappa shape index (κ1) is 10.8. The third-order valence-corrected chi connectivity index (χ3v) is 2.54. The van der Waals surface area contributed by atoms with Gasteiger partial charge in [0.2, 0.25) is 0 Å². The van der Waals surface area contributed by atoms with E-state index in [1.807, 2.05) is 11.9 Å². The molecule has 1 rings (SSSR count). The number of rotatable bonds is 1. The largest absolute Gasteiger partial charge is 0.390 e. The monoisotopic (exact) mass is 196 g/mol. The molecule has 2 nitrogen and oxygen atoms in total. The molecule has 0 amide bonds.